The molecule has 1 heterocycles. The van der Waals surface area contributed by atoms with Gasteiger partial charge in [-0.15, -0.1) is 0 Å². The van der Waals surface area contributed by atoms with Gasteiger partial charge in [-0.05, 0) is 64.2 Å². The first kappa shape index (κ1) is 34.7. The van der Waals surface area contributed by atoms with Crippen LogP contribution in [-0.2, 0) is 31.1 Å². The van der Waals surface area contributed by atoms with Gasteiger partial charge in [0, 0.05) is 54.2 Å². The predicted molar refractivity (Wildman–Crippen MR) is 179 cm³/mol. The zero-order chi connectivity index (χ0) is 34.2. The summed E-state index contributed by atoms with van der Waals surface area (Å²) < 4.78 is 67.1. The Kier molecular flexibility index (Phi) is 9.46. The molecule has 0 unspecified atom stereocenters. The van der Waals surface area contributed by atoms with Crippen LogP contribution in [0.2, 0.25) is 0 Å². The Morgan fingerprint density at radius 2 is 1.39 bits per heavy atom. The quantitative estimate of drug-likeness (QED) is 0.211. The van der Waals surface area contributed by atoms with E-state index < -0.39 is 54.6 Å². The van der Waals surface area contributed by atoms with Crippen molar-refractivity contribution in [3.05, 3.63) is 82.6 Å². The van der Waals surface area contributed by atoms with Crippen molar-refractivity contribution < 1.29 is 35.5 Å². The number of urea groups is 2. The Balaban J connectivity index is 1.80. The topological polar surface area (TPSA) is 194 Å². The molecule has 6 N–H and O–H groups in total. The molecular formula is C31H39N5O8S2. The minimum atomic E-state index is -4.42. The number of rotatable bonds is 9. The molecule has 0 fully saturated rings. The molecule has 0 saturated carbocycles. The van der Waals surface area contributed by atoms with Gasteiger partial charge in [-0.3, -0.25) is 9.11 Å². The summed E-state index contributed by atoms with van der Waals surface area (Å²) in [6.45, 7) is 7.66. The van der Waals surface area contributed by atoms with Gasteiger partial charge in [0.2, 0.25) is 0 Å². The zero-order valence-corrected chi connectivity index (χ0v) is 28.1. The summed E-state index contributed by atoms with van der Waals surface area (Å²) in [6, 6.07) is 9.59. The van der Waals surface area contributed by atoms with E-state index in [1.165, 1.54) is 14.1 Å². The van der Waals surface area contributed by atoms with Crippen LogP contribution in [0.4, 0.5) is 26.7 Å². The number of carbonyl (C=O) groups is 2. The molecule has 0 saturated heterocycles. The Bertz CT molecular complexity index is 1890. The van der Waals surface area contributed by atoms with Crippen molar-refractivity contribution in [3.8, 4) is 0 Å². The second kappa shape index (κ2) is 12.5. The normalized spacial score (nSPS) is 17.7. The standard InChI is InChI=1S/C31H39N5O8S2/c1-30(2)23(22(18-46(42,43)44)21-12-10-19(16-24(21)30)34-28(37)32-5)8-7-9-27-31(3,4)25-17-20(35-29(38)33-6)11-13-26(25)36(27)14-15-45(39,40)41/h7-13,16-17H,14-15,18H2,1-6H3,(H2,32,34,37)(H2,33,35,38)(H,39,40,41)(H,42,43,44)/b8-7+,27-9+. The highest BCUT2D eigenvalue weighted by atomic mass is 32.2. The molecule has 1 aliphatic carbocycles. The number of nitrogens with one attached hydrogen (secondary N) is 4. The third-order valence-corrected chi connectivity index (χ3v) is 9.65. The van der Waals surface area contributed by atoms with Gasteiger partial charge in [0.25, 0.3) is 20.2 Å². The van der Waals surface area contributed by atoms with Crippen molar-refractivity contribution in [2.24, 2.45) is 0 Å². The molecule has 0 bridgehead atoms. The van der Waals surface area contributed by atoms with Gasteiger partial charge in [-0.25, -0.2) is 9.59 Å². The maximum absolute atomic E-state index is 12.1. The number of hydrogen-bond donors (Lipinski definition) is 6. The van der Waals surface area contributed by atoms with E-state index in [0.717, 1.165) is 11.1 Å². The van der Waals surface area contributed by atoms with E-state index >= 15 is 0 Å². The minimum absolute atomic E-state index is 0.0497. The summed E-state index contributed by atoms with van der Waals surface area (Å²) in [5.74, 6) is -1.15. The molecule has 0 aromatic heterocycles. The first-order valence-corrected chi connectivity index (χ1v) is 17.6. The number of amides is 4. The third kappa shape index (κ3) is 7.28. The molecule has 13 nitrogen and oxygen atoms in total. The molecule has 2 aromatic rings. The lowest BCUT2D eigenvalue weighted by Gasteiger charge is -2.27. The Morgan fingerprint density at radius 1 is 0.826 bits per heavy atom. The number of hydrogen-bond acceptors (Lipinski definition) is 7. The third-order valence-electron chi connectivity index (χ3n) is 8.29. The number of nitrogens with zero attached hydrogens (tertiary/aromatic N) is 1. The molecular weight excluding hydrogens is 635 g/mol. The van der Waals surface area contributed by atoms with E-state index in [2.05, 4.69) is 21.3 Å². The first-order valence-electron chi connectivity index (χ1n) is 14.4. The highest BCUT2D eigenvalue weighted by Crippen LogP contribution is 2.50. The molecule has 2 aliphatic rings. The molecule has 1 aliphatic heterocycles. The predicted octanol–water partition coefficient (Wildman–Crippen LogP) is 4.25. The summed E-state index contributed by atoms with van der Waals surface area (Å²) in [7, 11) is -5.72. The lowest BCUT2D eigenvalue weighted by molar-refractivity contribution is 0.253. The molecule has 0 atom stereocenters. The molecule has 46 heavy (non-hydrogen) atoms. The smallest absolute Gasteiger partial charge is 0.318 e. The number of allylic oxidation sites excluding steroid dienone is 5. The van der Waals surface area contributed by atoms with Gasteiger partial charge < -0.3 is 26.2 Å². The molecule has 0 radical (unpaired) electrons. The fourth-order valence-corrected chi connectivity index (χ4v) is 7.13. The van der Waals surface area contributed by atoms with Crippen molar-refractivity contribution in [2.45, 2.75) is 38.5 Å². The molecule has 4 rings (SSSR count). The summed E-state index contributed by atoms with van der Waals surface area (Å²) >= 11 is 0. The first-order chi connectivity index (χ1) is 21.3. The van der Waals surface area contributed by atoms with Gasteiger partial charge in [0.15, 0.2) is 0 Å². The molecule has 15 heteroatoms. The second-order valence-corrected chi connectivity index (χ2v) is 15.1. The van der Waals surface area contributed by atoms with E-state index in [1.807, 2.05) is 33.8 Å². The Hall–Kier alpha value is -4.18. The monoisotopic (exact) mass is 673 g/mol. The van der Waals surface area contributed by atoms with Gasteiger partial charge in [-0.2, -0.15) is 16.8 Å². The molecule has 4 amide bonds. The maximum Gasteiger partial charge on any atom is 0.318 e. The average Bonchev–Trinajstić information content (AvgIpc) is 3.28. The molecule has 0 spiro atoms. The Labute approximate surface area is 269 Å². The van der Waals surface area contributed by atoms with E-state index in [0.29, 0.717) is 39.5 Å². The van der Waals surface area contributed by atoms with Crippen molar-refractivity contribution in [1.29, 1.82) is 0 Å². The van der Waals surface area contributed by atoms with Crippen LogP contribution in [-0.4, -0.2) is 70.1 Å². The fourth-order valence-electron chi connectivity index (χ4n) is 6.04. The van der Waals surface area contributed by atoms with Crippen LogP contribution in [0.25, 0.3) is 5.57 Å². The molecule has 2 aromatic carbocycles. The van der Waals surface area contributed by atoms with Crippen LogP contribution in [0.1, 0.15) is 44.4 Å². The van der Waals surface area contributed by atoms with Gasteiger partial charge in [-0.1, -0.05) is 45.9 Å². The summed E-state index contributed by atoms with van der Waals surface area (Å²) in [5.41, 5.74) is 4.26. The largest absolute Gasteiger partial charge is 0.343 e. The van der Waals surface area contributed by atoms with E-state index in [-0.39, 0.29) is 6.54 Å². The SMILES string of the molecule is CNC(=O)Nc1ccc2c(c1)C(C)(C)C(/C=C/C=C1/N(CCS(=O)(=O)O)c3ccc(NC(=O)NC)cc3C1(C)C)=C2CS(=O)(=O)O. The van der Waals surface area contributed by atoms with Crippen LogP contribution in [0, 0.1) is 0 Å². The van der Waals surface area contributed by atoms with Gasteiger partial charge >= 0.3 is 12.1 Å². The van der Waals surface area contributed by atoms with Gasteiger partial charge in [0.05, 0.1) is 5.75 Å². The van der Waals surface area contributed by atoms with Crippen molar-refractivity contribution >= 4 is 54.9 Å². The van der Waals surface area contributed by atoms with Crippen LogP contribution >= 0.6 is 0 Å². The number of fused-ring (bicyclic) bond motifs is 2. The van der Waals surface area contributed by atoms with Crippen LogP contribution in [0.3, 0.4) is 0 Å². The second-order valence-electron chi connectivity index (χ2n) is 12.1. The number of carbonyl (C=O) groups excluding carboxylic acids is 2. The van der Waals surface area contributed by atoms with E-state index in [4.69, 9.17) is 0 Å². The maximum atomic E-state index is 12.1. The van der Waals surface area contributed by atoms with Crippen molar-refractivity contribution in [2.75, 3.05) is 47.7 Å². The average molecular weight is 674 g/mol. The number of anilines is 3. The van der Waals surface area contributed by atoms with Crippen LogP contribution in [0.5, 0.6) is 0 Å². The van der Waals surface area contributed by atoms with Crippen LogP contribution < -0.4 is 26.2 Å². The lowest BCUT2D eigenvalue weighted by Crippen LogP contribution is -2.30. The Morgan fingerprint density at radius 3 is 1.93 bits per heavy atom. The minimum Gasteiger partial charge on any atom is -0.343 e. The summed E-state index contributed by atoms with van der Waals surface area (Å²) in [6.07, 6.45) is 5.30. The number of benzene rings is 2. The van der Waals surface area contributed by atoms with Crippen LogP contribution in [0.15, 0.2) is 65.9 Å². The molecule has 248 valence electrons. The van der Waals surface area contributed by atoms with E-state index in [1.54, 1.807) is 53.5 Å². The summed E-state index contributed by atoms with van der Waals surface area (Å²) in [4.78, 5) is 25.7. The van der Waals surface area contributed by atoms with Crippen molar-refractivity contribution in [1.82, 2.24) is 10.6 Å². The van der Waals surface area contributed by atoms with Gasteiger partial charge in [0.1, 0.15) is 5.75 Å². The summed E-state index contributed by atoms with van der Waals surface area (Å²) in [5, 5.41) is 10.5. The highest BCUT2D eigenvalue weighted by molar-refractivity contribution is 7.86. The fraction of sp³-hybridized carbons (Fsp3) is 0.355. The highest BCUT2D eigenvalue weighted by Gasteiger charge is 2.41. The van der Waals surface area contributed by atoms with Crippen molar-refractivity contribution in [3.63, 3.8) is 0 Å². The lowest BCUT2D eigenvalue weighted by atomic mass is 9.80. The van der Waals surface area contributed by atoms with E-state index in [9.17, 15) is 35.5 Å². The zero-order valence-electron chi connectivity index (χ0n) is 26.4.